The molecule has 0 aliphatic carbocycles. The molecule has 0 saturated carbocycles. The highest BCUT2D eigenvalue weighted by atomic mass is 16.6. The molecule has 0 heterocycles. The molecule has 9 heteroatoms. The Kier molecular flexibility index (Phi) is 26.9. The monoisotopic (exact) mass is 370 g/mol. The van der Waals surface area contributed by atoms with Gasteiger partial charge in [-0.05, 0) is 6.42 Å². The number of carboxylic acid groups (broad SMARTS) is 1. The van der Waals surface area contributed by atoms with E-state index in [1.54, 1.807) is 0 Å². The molecule has 0 aromatic heterocycles. The molecule has 0 saturated heterocycles. The van der Waals surface area contributed by atoms with Crippen molar-refractivity contribution in [2.45, 2.75) is 19.8 Å². The molecule has 0 aromatic carbocycles. The summed E-state index contributed by atoms with van der Waals surface area (Å²) in [6.07, 6.45) is 1.02. The van der Waals surface area contributed by atoms with Crippen LogP contribution >= 0.6 is 0 Å². The van der Waals surface area contributed by atoms with Gasteiger partial charge in [-0.3, -0.25) is 4.79 Å². The molecule has 3 N–H and O–H groups in total. The number of aliphatic hydroxyl groups excluding tert-OH is 2. The standard InChI is InChI=1S/C12H26O7.C4H8O2/c13-1-3-15-5-7-17-9-11-19-12-10-18-8-6-16-4-2-14;1-2-3-4(5)6/h13-14H,1-12H2;2-3H2,1H3,(H,5,6). The lowest BCUT2D eigenvalue weighted by molar-refractivity contribution is -0.137. The van der Waals surface area contributed by atoms with Gasteiger partial charge in [0.1, 0.15) is 0 Å². The molecule has 0 unspecified atom stereocenters. The third kappa shape index (κ3) is 31.5. The molecular formula is C16H34O9. The number of carbonyl (C=O) groups is 1. The number of hydrogen-bond acceptors (Lipinski definition) is 8. The van der Waals surface area contributed by atoms with Crippen molar-refractivity contribution in [3.63, 3.8) is 0 Å². The van der Waals surface area contributed by atoms with Crippen LogP contribution in [0.25, 0.3) is 0 Å². The van der Waals surface area contributed by atoms with E-state index in [-0.39, 0.29) is 13.2 Å². The number of rotatable bonds is 18. The van der Waals surface area contributed by atoms with Gasteiger partial charge in [0.25, 0.3) is 0 Å². The van der Waals surface area contributed by atoms with Crippen molar-refractivity contribution in [1.82, 2.24) is 0 Å². The van der Waals surface area contributed by atoms with Gasteiger partial charge < -0.3 is 39.0 Å². The lowest BCUT2D eigenvalue weighted by atomic mass is 10.4. The van der Waals surface area contributed by atoms with Crippen LogP contribution in [0.15, 0.2) is 0 Å². The maximum absolute atomic E-state index is 9.60. The van der Waals surface area contributed by atoms with E-state index >= 15 is 0 Å². The topological polar surface area (TPSA) is 124 Å². The van der Waals surface area contributed by atoms with E-state index in [0.29, 0.717) is 72.5 Å². The van der Waals surface area contributed by atoms with Crippen molar-refractivity contribution in [1.29, 1.82) is 0 Å². The fourth-order valence-electron chi connectivity index (χ4n) is 1.32. The Morgan fingerprint density at radius 3 is 1.08 bits per heavy atom. The highest BCUT2D eigenvalue weighted by Crippen LogP contribution is 1.83. The zero-order chi connectivity index (χ0) is 19.0. The van der Waals surface area contributed by atoms with Crippen LogP contribution in [0.2, 0.25) is 0 Å². The van der Waals surface area contributed by atoms with Crippen LogP contribution in [0.1, 0.15) is 19.8 Å². The van der Waals surface area contributed by atoms with Gasteiger partial charge in [-0.15, -0.1) is 0 Å². The maximum atomic E-state index is 9.60. The van der Waals surface area contributed by atoms with Gasteiger partial charge in [-0.2, -0.15) is 0 Å². The first-order valence-corrected chi connectivity index (χ1v) is 8.51. The van der Waals surface area contributed by atoms with Gasteiger partial charge in [0, 0.05) is 6.42 Å². The second-order valence-corrected chi connectivity index (χ2v) is 4.65. The summed E-state index contributed by atoms with van der Waals surface area (Å²) in [6, 6.07) is 0. The van der Waals surface area contributed by atoms with Crippen LogP contribution in [0, 0.1) is 0 Å². The van der Waals surface area contributed by atoms with E-state index < -0.39 is 5.97 Å². The summed E-state index contributed by atoms with van der Waals surface area (Å²) < 4.78 is 25.8. The van der Waals surface area contributed by atoms with Crippen molar-refractivity contribution >= 4 is 5.97 Å². The number of aliphatic carboxylic acids is 1. The number of aliphatic hydroxyl groups is 2. The van der Waals surface area contributed by atoms with Crippen LogP contribution in [0.4, 0.5) is 0 Å². The minimum Gasteiger partial charge on any atom is -0.481 e. The highest BCUT2D eigenvalue weighted by Gasteiger charge is 1.93. The van der Waals surface area contributed by atoms with Crippen molar-refractivity contribution in [2.75, 3.05) is 79.3 Å². The molecule has 0 fully saturated rings. The Hall–Kier alpha value is -0.810. The summed E-state index contributed by atoms with van der Waals surface area (Å²) in [5, 5.41) is 24.8. The minimum absolute atomic E-state index is 0.0359. The average molecular weight is 370 g/mol. The molecule has 25 heavy (non-hydrogen) atoms. The summed E-state index contributed by atoms with van der Waals surface area (Å²) in [5.41, 5.74) is 0. The fraction of sp³-hybridized carbons (Fsp3) is 0.938. The number of carboxylic acids is 1. The van der Waals surface area contributed by atoms with E-state index in [1.807, 2.05) is 6.92 Å². The second-order valence-electron chi connectivity index (χ2n) is 4.65. The van der Waals surface area contributed by atoms with Crippen molar-refractivity contribution in [3.8, 4) is 0 Å². The van der Waals surface area contributed by atoms with Gasteiger partial charge in [-0.1, -0.05) is 6.92 Å². The summed E-state index contributed by atoms with van der Waals surface area (Å²) in [5.74, 6) is -0.711. The fourth-order valence-corrected chi connectivity index (χ4v) is 1.32. The minimum atomic E-state index is -0.711. The second kappa shape index (κ2) is 25.4. The molecular weight excluding hydrogens is 336 g/mol. The van der Waals surface area contributed by atoms with E-state index in [4.69, 9.17) is 39.0 Å². The normalized spacial score (nSPS) is 10.4. The molecule has 152 valence electrons. The van der Waals surface area contributed by atoms with Crippen molar-refractivity contribution < 1.29 is 43.8 Å². The van der Waals surface area contributed by atoms with Gasteiger partial charge in [-0.25, -0.2) is 0 Å². The summed E-state index contributed by atoms with van der Waals surface area (Å²) in [7, 11) is 0. The Balaban J connectivity index is 0. The highest BCUT2D eigenvalue weighted by molar-refractivity contribution is 5.66. The molecule has 0 aliphatic heterocycles. The van der Waals surface area contributed by atoms with E-state index in [2.05, 4.69) is 0 Å². The molecule has 0 atom stereocenters. The van der Waals surface area contributed by atoms with E-state index in [0.717, 1.165) is 6.42 Å². The Morgan fingerprint density at radius 1 is 0.640 bits per heavy atom. The first-order valence-electron chi connectivity index (χ1n) is 8.51. The van der Waals surface area contributed by atoms with Gasteiger partial charge in [0.05, 0.1) is 79.3 Å². The average Bonchev–Trinajstić information content (AvgIpc) is 2.59. The van der Waals surface area contributed by atoms with Crippen molar-refractivity contribution in [2.24, 2.45) is 0 Å². The van der Waals surface area contributed by atoms with Crippen LogP contribution in [0.3, 0.4) is 0 Å². The van der Waals surface area contributed by atoms with Gasteiger partial charge in [0.2, 0.25) is 0 Å². The molecule has 0 bridgehead atoms. The lowest BCUT2D eigenvalue weighted by Gasteiger charge is -2.07. The molecule has 9 nitrogen and oxygen atoms in total. The lowest BCUT2D eigenvalue weighted by Crippen LogP contribution is -2.14. The third-order valence-electron chi connectivity index (χ3n) is 2.42. The molecule has 0 amide bonds. The van der Waals surface area contributed by atoms with E-state index in [9.17, 15) is 4.79 Å². The molecule has 0 aromatic rings. The first-order chi connectivity index (χ1) is 12.2. The molecule has 0 aliphatic rings. The zero-order valence-corrected chi connectivity index (χ0v) is 15.2. The maximum Gasteiger partial charge on any atom is 0.303 e. The SMILES string of the molecule is CCCC(=O)O.OCCOCCOCCOCCOCCOCCO. The summed E-state index contributed by atoms with van der Waals surface area (Å²) in [4.78, 5) is 9.60. The number of hydrogen-bond donors (Lipinski definition) is 3. The quantitative estimate of drug-likeness (QED) is 0.284. The van der Waals surface area contributed by atoms with Crippen LogP contribution < -0.4 is 0 Å². The molecule has 0 radical (unpaired) electrons. The first kappa shape index (κ1) is 26.4. The Bertz CT molecular complexity index is 236. The van der Waals surface area contributed by atoms with Crippen LogP contribution in [-0.4, -0.2) is 101 Å². The summed E-state index contributed by atoms with van der Waals surface area (Å²) in [6.45, 7) is 6.65. The Labute approximate surface area is 149 Å². The van der Waals surface area contributed by atoms with Gasteiger partial charge in [0.15, 0.2) is 0 Å². The van der Waals surface area contributed by atoms with E-state index in [1.165, 1.54) is 0 Å². The predicted molar refractivity (Wildman–Crippen MR) is 90.8 cm³/mol. The summed E-state index contributed by atoms with van der Waals surface area (Å²) >= 11 is 0. The Morgan fingerprint density at radius 2 is 0.920 bits per heavy atom. The smallest absolute Gasteiger partial charge is 0.303 e. The molecule has 0 rings (SSSR count). The number of ether oxygens (including phenoxy) is 5. The molecule has 0 spiro atoms. The largest absolute Gasteiger partial charge is 0.481 e. The van der Waals surface area contributed by atoms with Crippen LogP contribution in [-0.2, 0) is 28.5 Å². The van der Waals surface area contributed by atoms with Gasteiger partial charge >= 0.3 is 5.97 Å². The zero-order valence-electron chi connectivity index (χ0n) is 15.2. The third-order valence-corrected chi connectivity index (χ3v) is 2.42. The van der Waals surface area contributed by atoms with Crippen LogP contribution in [0.5, 0.6) is 0 Å². The predicted octanol–water partition coefficient (Wildman–Crippen LogP) is -0.0749. The van der Waals surface area contributed by atoms with Crippen molar-refractivity contribution in [3.05, 3.63) is 0 Å².